The second-order valence-electron chi connectivity index (χ2n) is 35.5. The summed E-state index contributed by atoms with van der Waals surface area (Å²) in [6.45, 7) is 59.7. The van der Waals surface area contributed by atoms with Crippen LogP contribution in [0.1, 0.15) is 384 Å². The minimum absolute atomic E-state index is 0.785. The molecule has 2 heteroatoms. The van der Waals surface area contributed by atoms with Crippen molar-refractivity contribution in [2.45, 2.75) is 384 Å². The van der Waals surface area contributed by atoms with Gasteiger partial charge in [0.2, 0.25) is 0 Å². The van der Waals surface area contributed by atoms with E-state index < -0.39 is 0 Å². The maximum Gasteiger partial charge on any atom is 0.0496 e. The van der Waals surface area contributed by atoms with Crippen LogP contribution >= 0.6 is 0 Å². The molecule has 8 aliphatic carbocycles. The first-order chi connectivity index (χ1) is 43.6. The van der Waals surface area contributed by atoms with Gasteiger partial charge in [-0.05, 0) is 253 Å². The van der Waals surface area contributed by atoms with Crippen molar-refractivity contribution in [3.05, 3.63) is 46.6 Å². The summed E-state index contributed by atoms with van der Waals surface area (Å²) in [6.07, 6.45) is 57.9. The number of hydrogen-bond acceptors (Lipinski definition) is 2. The fourth-order valence-corrected chi connectivity index (χ4v) is 15.6. The Kier molecular flexibility index (Phi) is 52.0. The minimum atomic E-state index is 0.785. The molecule has 0 aromatic rings. The standard InChI is InChI=1S/2C10H20.2C10H18.C9H18.C9H16.2C8H16O.C8H16.C8H14/c4*1-8(2)10-6-4-9(3)5-7-10;2*1-8(2)9-6-4-3-5-7-9;1-7(2)8-3-5-9-6-4-8;1-7(2)8-4-3-5-9-6-8;2*1-7(2)8-5-3-4-6-8/h2*8-10H,4-7H2,1-3H3;2*6,8-9H,4-5,7H2,1-3H3;8-9H,3-7H2,1-2H3;6,8H,3-5,7H2,1-2H3;2*7-8H,3-6H2,1-2H3;7-8H,3-6H2,1-2H3;5,7H,3-4,6H2,1-2H3. The molecular weight excluding hydrogens is 1110 g/mol. The van der Waals surface area contributed by atoms with Gasteiger partial charge in [-0.3, -0.25) is 0 Å². The Balaban J connectivity index is 0.000000512. The molecule has 0 spiro atoms. The van der Waals surface area contributed by atoms with E-state index >= 15 is 0 Å². The summed E-state index contributed by atoms with van der Waals surface area (Å²) < 4.78 is 10.6. The Morgan fingerprint density at radius 2 is 0.565 bits per heavy atom. The Hall–Kier alpha value is -1.12. The number of allylic oxidation sites excluding steroid dienone is 8. The summed E-state index contributed by atoms with van der Waals surface area (Å²) >= 11 is 0. The molecule has 0 N–H and O–H groups in total. The zero-order valence-electron chi connectivity index (χ0n) is 67.5. The molecule has 2 heterocycles. The van der Waals surface area contributed by atoms with Crippen molar-refractivity contribution in [2.24, 2.45) is 118 Å². The van der Waals surface area contributed by atoms with Crippen LogP contribution < -0.4 is 0 Å². The van der Waals surface area contributed by atoms with Crippen LogP contribution in [0.2, 0.25) is 0 Å². The molecule has 6 fully saturated rings. The Morgan fingerprint density at radius 3 is 0.815 bits per heavy atom. The summed E-state index contributed by atoms with van der Waals surface area (Å²) in [5.41, 5.74) is 6.71. The lowest BCUT2D eigenvalue weighted by atomic mass is 9.78. The van der Waals surface area contributed by atoms with Crippen molar-refractivity contribution in [1.29, 1.82) is 0 Å². The first kappa shape index (κ1) is 88.9. The number of hydrogen-bond donors (Lipinski definition) is 0. The van der Waals surface area contributed by atoms with E-state index in [1.165, 1.54) is 218 Å². The summed E-state index contributed by atoms with van der Waals surface area (Å²) in [6, 6.07) is 0. The summed E-state index contributed by atoms with van der Waals surface area (Å²) in [4.78, 5) is 0. The van der Waals surface area contributed by atoms with Gasteiger partial charge in [0.25, 0.3) is 0 Å². The third kappa shape index (κ3) is 44.0. The molecule has 2 nitrogen and oxygen atoms in total. The van der Waals surface area contributed by atoms with E-state index in [1.54, 1.807) is 22.3 Å². The molecule has 3 unspecified atom stereocenters. The second-order valence-corrected chi connectivity index (χ2v) is 35.5. The lowest BCUT2D eigenvalue weighted by molar-refractivity contribution is 0.0373. The van der Waals surface area contributed by atoms with Crippen molar-refractivity contribution < 1.29 is 9.47 Å². The Bertz CT molecular complexity index is 1680. The molecule has 0 amide bonds. The van der Waals surface area contributed by atoms with E-state index in [9.17, 15) is 0 Å². The van der Waals surface area contributed by atoms with Crippen LogP contribution in [0.15, 0.2) is 46.6 Å². The molecule has 0 radical (unpaired) electrons. The van der Waals surface area contributed by atoms with Gasteiger partial charge in [-0.25, -0.2) is 0 Å². The van der Waals surface area contributed by atoms with Crippen molar-refractivity contribution in [3.8, 4) is 0 Å². The highest BCUT2D eigenvalue weighted by Crippen LogP contribution is 2.36. The second kappa shape index (κ2) is 53.8. The quantitative estimate of drug-likeness (QED) is 0.203. The highest BCUT2D eigenvalue weighted by molar-refractivity contribution is 5.10. The van der Waals surface area contributed by atoms with E-state index in [2.05, 4.69) is 190 Å². The molecule has 544 valence electrons. The zero-order chi connectivity index (χ0) is 69.0. The molecule has 0 bridgehead atoms. The lowest BCUT2D eigenvalue weighted by Crippen LogP contribution is -2.21. The summed E-state index contributed by atoms with van der Waals surface area (Å²) in [5.74, 6) is 18.4. The van der Waals surface area contributed by atoms with Gasteiger partial charge in [-0.15, -0.1) is 0 Å². The molecule has 92 heavy (non-hydrogen) atoms. The van der Waals surface area contributed by atoms with Crippen molar-refractivity contribution in [1.82, 2.24) is 0 Å². The van der Waals surface area contributed by atoms with Gasteiger partial charge in [0.1, 0.15) is 0 Å². The number of rotatable bonds is 10. The molecule has 3 atom stereocenters. The normalized spacial score (nSPS) is 26.4. The summed E-state index contributed by atoms with van der Waals surface area (Å²) in [5, 5.41) is 0. The summed E-state index contributed by atoms with van der Waals surface area (Å²) in [7, 11) is 0. The van der Waals surface area contributed by atoms with Crippen molar-refractivity contribution in [2.75, 3.05) is 26.4 Å². The molecule has 0 aromatic heterocycles. The van der Waals surface area contributed by atoms with Gasteiger partial charge in [-0.2, -0.15) is 0 Å². The third-order valence-electron chi connectivity index (χ3n) is 24.1. The maximum absolute atomic E-state index is 5.34. The number of ether oxygens (including phenoxy) is 2. The SMILES string of the molecule is CC(C)C1=CCCC1.CC(C)C1=CCCCC1.CC(C)C1CCCC1.CC(C)C1CCCCC1.CC(C)C1CCCOC1.CC(C)C1CCOCC1.CC1CC=C(C(C)C)CC1.CC1CC=C(C(C)C)CC1.CC1CCC(C(C)C)CC1.CC1CCC(C(C)C)CC1. The van der Waals surface area contributed by atoms with E-state index in [0.717, 1.165) is 145 Å². The van der Waals surface area contributed by atoms with Crippen LogP contribution in [-0.2, 0) is 9.47 Å². The minimum Gasteiger partial charge on any atom is -0.381 e. The van der Waals surface area contributed by atoms with E-state index in [1.807, 2.05) is 0 Å². The fraction of sp³-hybridized carbons (Fsp3) is 0.911. The van der Waals surface area contributed by atoms with Gasteiger partial charge < -0.3 is 9.47 Å². The predicted molar refractivity (Wildman–Crippen MR) is 417 cm³/mol. The van der Waals surface area contributed by atoms with Crippen LogP contribution in [0.25, 0.3) is 0 Å². The molecule has 4 saturated carbocycles. The average Bonchev–Trinajstić information content (AvgIpc) is 3.93. The van der Waals surface area contributed by atoms with Crippen molar-refractivity contribution >= 4 is 0 Å². The maximum atomic E-state index is 5.34. The van der Waals surface area contributed by atoms with Crippen LogP contribution in [0.4, 0.5) is 0 Å². The topological polar surface area (TPSA) is 18.5 Å². The molecule has 2 saturated heterocycles. The lowest BCUT2D eigenvalue weighted by Gasteiger charge is -2.28. The van der Waals surface area contributed by atoms with Gasteiger partial charge >= 0.3 is 0 Å². The largest absolute Gasteiger partial charge is 0.381 e. The van der Waals surface area contributed by atoms with Crippen LogP contribution in [0.3, 0.4) is 0 Å². The van der Waals surface area contributed by atoms with Crippen LogP contribution in [0.5, 0.6) is 0 Å². The van der Waals surface area contributed by atoms with E-state index in [4.69, 9.17) is 9.47 Å². The van der Waals surface area contributed by atoms with Gasteiger partial charge in [0, 0.05) is 26.4 Å². The van der Waals surface area contributed by atoms with Crippen LogP contribution in [0, 0.1) is 118 Å². The molecule has 2 aliphatic heterocycles. The molecule has 10 aliphatic rings. The molecule has 0 aromatic carbocycles. The smallest absolute Gasteiger partial charge is 0.0496 e. The van der Waals surface area contributed by atoms with Gasteiger partial charge in [0.15, 0.2) is 0 Å². The molecule has 10 rings (SSSR count). The van der Waals surface area contributed by atoms with Gasteiger partial charge in [-0.1, -0.05) is 296 Å². The Labute approximate surface area is 582 Å². The highest BCUT2D eigenvalue weighted by Gasteiger charge is 2.23. The van der Waals surface area contributed by atoms with Crippen LogP contribution in [-0.4, -0.2) is 26.4 Å². The predicted octanol–water partition coefficient (Wildman–Crippen LogP) is 29.8. The third-order valence-corrected chi connectivity index (χ3v) is 24.1. The van der Waals surface area contributed by atoms with Crippen molar-refractivity contribution in [3.63, 3.8) is 0 Å². The average molecular weight is 1290 g/mol. The van der Waals surface area contributed by atoms with E-state index in [0.29, 0.717) is 0 Å². The monoisotopic (exact) mass is 1290 g/mol. The Morgan fingerprint density at radius 1 is 0.250 bits per heavy atom. The molecular formula is C90H172O2. The first-order valence-electron chi connectivity index (χ1n) is 41.5. The first-order valence-corrected chi connectivity index (χ1v) is 41.5. The fourth-order valence-electron chi connectivity index (χ4n) is 15.6. The highest BCUT2D eigenvalue weighted by atomic mass is 16.5. The van der Waals surface area contributed by atoms with Gasteiger partial charge in [0.05, 0.1) is 0 Å². The van der Waals surface area contributed by atoms with E-state index in [-0.39, 0.29) is 0 Å². The zero-order valence-corrected chi connectivity index (χ0v) is 67.5.